The Morgan fingerprint density at radius 2 is 2.60 bits per heavy atom. The number of amides is 1. The Morgan fingerprint density at radius 1 is 1.80 bits per heavy atom. The Labute approximate surface area is 57.5 Å². The second kappa shape index (κ2) is 3.05. The molecule has 1 fully saturated rings. The SMILES string of the molecule is O=[C]OCN1CCOC1=O. The molecule has 1 rings (SSSR count). The van der Waals surface area contributed by atoms with Crippen molar-refractivity contribution in [2.45, 2.75) is 0 Å². The van der Waals surface area contributed by atoms with Crippen LogP contribution in [0.5, 0.6) is 0 Å². The molecule has 0 unspecified atom stereocenters. The van der Waals surface area contributed by atoms with E-state index in [1.54, 1.807) is 0 Å². The quantitative estimate of drug-likeness (QED) is 0.534. The van der Waals surface area contributed by atoms with Crippen molar-refractivity contribution >= 4 is 12.6 Å². The number of hydrogen-bond acceptors (Lipinski definition) is 4. The summed E-state index contributed by atoms with van der Waals surface area (Å²) in [5.41, 5.74) is 0. The first-order valence-corrected chi connectivity index (χ1v) is 2.75. The van der Waals surface area contributed by atoms with Gasteiger partial charge in [0.2, 0.25) is 0 Å². The normalized spacial score (nSPS) is 16.8. The summed E-state index contributed by atoms with van der Waals surface area (Å²) in [7, 11) is 0. The Hall–Kier alpha value is -1.26. The third-order valence-corrected chi connectivity index (χ3v) is 1.12. The average molecular weight is 144 g/mol. The first-order valence-electron chi connectivity index (χ1n) is 2.75. The minimum Gasteiger partial charge on any atom is -0.447 e. The molecule has 0 aliphatic carbocycles. The highest BCUT2D eigenvalue weighted by Crippen LogP contribution is 2.01. The van der Waals surface area contributed by atoms with Crippen molar-refractivity contribution in [3.05, 3.63) is 0 Å². The molecule has 1 saturated heterocycles. The van der Waals surface area contributed by atoms with Crippen LogP contribution in [0.25, 0.3) is 0 Å². The third-order valence-electron chi connectivity index (χ3n) is 1.12. The van der Waals surface area contributed by atoms with Crippen LogP contribution in [-0.4, -0.2) is 37.3 Å². The Kier molecular flexibility index (Phi) is 2.09. The van der Waals surface area contributed by atoms with Crippen molar-refractivity contribution in [3.63, 3.8) is 0 Å². The Bertz CT molecular complexity index is 147. The molecule has 10 heavy (non-hydrogen) atoms. The van der Waals surface area contributed by atoms with E-state index in [9.17, 15) is 9.59 Å². The van der Waals surface area contributed by atoms with Gasteiger partial charge in [-0.15, -0.1) is 0 Å². The van der Waals surface area contributed by atoms with Gasteiger partial charge >= 0.3 is 12.6 Å². The van der Waals surface area contributed by atoms with E-state index in [-0.39, 0.29) is 6.73 Å². The molecule has 0 aromatic rings. The van der Waals surface area contributed by atoms with Gasteiger partial charge in [0.15, 0.2) is 6.73 Å². The van der Waals surface area contributed by atoms with Gasteiger partial charge in [-0.25, -0.2) is 9.59 Å². The molecule has 0 aromatic heterocycles. The predicted octanol–water partition coefficient (Wildman–Crippen LogP) is -0.520. The predicted molar refractivity (Wildman–Crippen MR) is 29.7 cm³/mol. The van der Waals surface area contributed by atoms with Crippen molar-refractivity contribution in [3.8, 4) is 0 Å². The zero-order valence-corrected chi connectivity index (χ0v) is 5.20. The molecule has 5 heteroatoms. The minimum absolute atomic E-state index is 0.0671. The number of rotatable bonds is 3. The molecule has 1 heterocycles. The van der Waals surface area contributed by atoms with Crippen LogP contribution >= 0.6 is 0 Å². The largest absolute Gasteiger partial charge is 0.447 e. The maximum Gasteiger partial charge on any atom is 0.419 e. The second-order valence-corrected chi connectivity index (χ2v) is 1.73. The van der Waals surface area contributed by atoms with Crippen LogP contribution in [0, 0.1) is 0 Å². The number of hydrogen-bond donors (Lipinski definition) is 0. The van der Waals surface area contributed by atoms with Crippen molar-refractivity contribution in [2.24, 2.45) is 0 Å². The fourth-order valence-electron chi connectivity index (χ4n) is 0.647. The lowest BCUT2D eigenvalue weighted by atomic mass is 10.7. The molecular weight excluding hydrogens is 138 g/mol. The van der Waals surface area contributed by atoms with Crippen LogP contribution in [0.15, 0.2) is 0 Å². The Morgan fingerprint density at radius 3 is 3.10 bits per heavy atom. The van der Waals surface area contributed by atoms with Crippen LogP contribution in [0.3, 0.4) is 0 Å². The van der Waals surface area contributed by atoms with Crippen molar-refractivity contribution in [2.75, 3.05) is 19.9 Å². The number of nitrogens with zero attached hydrogens (tertiary/aromatic N) is 1. The average Bonchev–Trinajstić information content (AvgIpc) is 2.31. The van der Waals surface area contributed by atoms with Crippen LogP contribution in [0.1, 0.15) is 0 Å². The van der Waals surface area contributed by atoms with E-state index in [2.05, 4.69) is 9.47 Å². The lowest BCUT2D eigenvalue weighted by molar-refractivity contribution is 0.121. The molecule has 0 N–H and O–H groups in total. The van der Waals surface area contributed by atoms with Gasteiger partial charge < -0.3 is 9.47 Å². The number of cyclic esters (lactones) is 1. The molecule has 0 saturated carbocycles. The zero-order chi connectivity index (χ0) is 7.40. The van der Waals surface area contributed by atoms with Gasteiger partial charge in [0, 0.05) is 0 Å². The first kappa shape index (κ1) is 6.85. The molecule has 1 radical (unpaired) electrons. The molecule has 5 nitrogen and oxygen atoms in total. The van der Waals surface area contributed by atoms with E-state index in [0.717, 1.165) is 0 Å². The van der Waals surface area contributed by atoms with Crippen molar-refractivity contribution in [1.29, 1.82) is 0 Å². The highest BCUT2D eigenvalue weighted by atomic mass is 16.6. The van der Waals surface area contributed by atoms with Gasteiger partial charge in [0.25, 0.3) is 0 Å². The summed E-state index contributed by atoms with van der Waals surface area (Å²) in [4.78, 5) is 21.4. The van der Waals surface area contributed by atoms with Gasteiger partial charge in [-0.2, -0.15) is 0 Å². The summed E-state index contributed by atoms with van der Waals surface area (Å²) in [6, 6.07) is 0. The minimum atomic E-state index is -0.449. The van der Waals surface area contributed by atoms with Gasteiger partial charge in [-0.05, 0) is 0 Å². The van der Waals surface area contributed by atoms with Crippen LogP contribution in [-0.2, 0) is 14.3 Å². The fraction of sp³-hybridized carbons (Fsp3) is 0.600. The fourth-order valence-corrected chi connectivity index (χ4v) is 0.647. The highest BCUT2D eigenvalue weighted by Gasteiger charge is 2.21. The summed E-state index contributed by atoms with van der Waals surface area (Å²) in [6.45, 7) is 1.98. The Balaban J connectivity index is 2.26. The molecule has 0 aromatic carbocycles. The molecular formula is C5H6NO4. The molecule has 1 aliphatic heterocycles. The van der Waals surface area contributed by atoms with Crippen LogP contribution < -0.4 is 0 Å². The molecule has 1 amide bonds. The summed E-state index contributed by atoms with van der Waals surface area (Å²) < 4.78 is 8.75. The van der Waals surface area contributed by atoms with E-state index in [4.69, 9.17) is 0 Å². The van der Waals surface area contributed by atoms with Crippen molar-refractivity contribution < 1.29 is 19.1 Å². The third kappa shape index (κ3) is 1.37. The molecule has 0 bridgehead atoms. The smallest absolute Gasteiger partial charge is 0.419 e. The zero-order valence-electron chi connectivity index (χ0n) is 5.20. The van der Waals surface area contributed by atoms with E-state index in [1.807, 2.05) is 0 Å². The van der Waals surface area contributed by atoms with E-state index >= 15 is 0 Å². The summed E-state index contributed by atoms with van der Waals surface area (Å²) in [6.07, 6.45) is -0.449. The van der Waals surface area contributed by atoms with Gasteiger partial charge in [-0.3, -0.25) is 4.90 Å². The van der Waals surface area contributed by atoms with Crippen molar-refractivity contribution in [1.82, 2.24) is 4.90 Å². The van der Waals surface area contributed by atoms with E-state index in [1.165, 1.54) is 11.4 Å². The van der Waals surface area contributed by atoms with Gasteiger partial charge in [0.05, 0.1) is 6.54 Å². The number of carbonyl (C=O) groups is 1. The maximum absolute atomic E-state index is 10.6. The maximum atomic E-state index is 10.6. The summed E-state index contributed by atoms with van der Waals surface area (Å²) in [5.74, 6) is 0. The van der Waals surface area contributed by atoms with Crippen LogP contribution in [0.4, 0.5) is 4.79 Å². The summed E-state index contributed by atoms with van der Waals surface area (Å²) in [5, 5.41) is 0. The topological polar surface area (TPSA) is 55.8 Å². The van der Waals surface area contributed by atoms with Gasteiger partial charge in [-0.1, -0.05) is 0 Å². The summed E-state index contributed by atoms with van der Waals surface area (Å²) >= 11 is 0. The van der Waals surface area contributed by atoms with E-state index in [0.29, 0.717) is 13.2 Å². The molecule has 1 aliphatic rings. The molecule has 0 spiro atoms. The van der Waals surface area contributed by atoms with Gasteiger partial charge in [0.1, 0.15) is 6.61 Å². The second-order valence-electron chi connectivity index (χ2n) is 1.73. The first-order chi connectivity index (χ1) is 4.84. The molecule has 0 atom stereocenters. The monoisotopic (exact) mass is 144 g/mol. The lowest BCUT2D eigenvalue weighted by Crippen LogP contribution is -2.26. The van der Waals surface area contributed by atoms with E-state index < -0.39 is 6.09 Å². The van der Waals surface area contributed by atoms with Crippen LogP contribution in [0.2, 0.25) is 0 Å². The number of ether oxygens (including phenoxy) is 2. The number of carbonyl (C=O) groups excluding carboxylic acids is 2. The molecule has 55 valence electrons. The standard InChI is InChI=1S/C5H6NO4/c7-4-9-3-6-1-2-10-5(6)8/h1-3H2. The lowest BCUT2D eigenvalue weighted by Gasteiger charge is -2.08. The highest BCUT2D eigenvalue weighted by molar-refractivity contribution is 5.69.